The van der Waals surface area contributed by atoms with E-state index in [0.29, 0.717) is 28.5 Å². The minimum absolute atomic E-state index is 0.192. The Bertz CT molecular complexity index is 1270. The van der Waals surface area contributed by atoms with E-state index < -0.39 is 9.84 Å². The van der Waals surface area contributed by atoms with Crippen LogP contribution in [0.25, 0.3) is 22.9 Å². The molecule has 0 aliphatic heterocycles. The van der Waals surface area contributed by atoms with E-state index in [1.165, 1.54) is 12.1 Å². The first-order valence-corrected chi connectivity index (χ1v) is 10.5. The summed E-state index contributed by atoms with van der Waals surface area (Å²) in [6.45, 7) is 0. The van der Waals surface area contributed by atoms with Crippen LogP contribution < -0.4 is 9.47 Å². The van der Waals surface area contributed by atoms with Crippen LogP contribution in [0.3, 0.4) is 0 Å². The Morgan fingerprint density at radius 2 is 1.27 bits per heavy atom. The summed E-state index contributed by atoms with van der Waals surface area (Å²) < 4.78 is 41.7. The molecule has 0 unspecified atom stereocenters. The summed E-state index contributed by atoms with van der Waals surface area (Å²) in [5.74, 6) is 1.73. The van der Waals surface area contributed by atoms with Gasteiger partial charge in [0.2, 0.25) is 21.6 Å². The average molecular weight is 422 g/mol. The second kappa shape index (κ2) is 8.00. The lowest BCUT2D eigenvalue weighted by Crippen LogP contribution is -2.01. The molecular weight excluding hydrogens is 404 g/mol. The van der Waals surface area contributed by atoms with Crippen LogP contribution in [0.2, 0.25) is 0 Å². The number of aromatic nitrogens is 2. The summed E-state index contributed by atoms with van der Waals surface area (Å²) >= 11 is 0. The van der Waals surface area contributed by atoms with Crippen molar-refractivity contribution in [2.75, 3.05) is 14.2 Å². The zero-order valence-electron chi connectivity index (χ0n) is 16.3. The summed E-state index contributed by atoms with van der Waals surface area (Å²) in [6.07, 6.45) is 0. The van der Waals surface area contributed by atoms with E-state index in [1.807, 2.05) is 0 Å². The predicted octanol–water partition coefficient (Wildman–Crippen LogP) is 4.25. The fourth-order valence-corrected chi connectivity index (χ4v) is 4.22. The van der Waals surface area contributed by atoms with Crippen molar-refractivity contribution >= 4 is 9.84 Å². The number of nitrogens with zero attached hydrogens (tertiary/aromatic N) is 2. The molecule has 0 saturated carbocycles. The van der Waals surface area contributed by atoms with Gasteiger partial charge in [0.1, 0.15) is 0 Å². The maximum Gasteiger partial charge on any atom is 0.248 e. The summed E-state index contributed by atoms with van der Waals surface area (Å²) in [5, 5.41) is 8.15. The van der Waals surface area contributed by atoms with Crippen molar-refractivity contribution in [1.82, 2.24) is 10.2 Å². The molecule has 0 amide bonds. The first-order chi connectivity index (χ1) is 14.5. The molecule has 0 spiro atoms. The Morgan fingerprint density at radius 3 is 1.90 bits per heavy atom. The molecule has 7 nitrogen and oxygen atoms in total. The average Bonchev–Trinajstić information content (AvgIpc) is 3.29. The first-order valence-electron chi connectivity index (χ1n) is 8.99. The lowest BCUT2D eigenvalue weighted by Gasteiger charge is -2.07. The van der Waals surface area contributed by atoms with Crippen molar-refractivity contribution in [3.8, 4) is 34.4 Å². The summed E-state index contributed by atoms with van der Waals surface area (Å²) in [5.41, 5.74) is 1.29. The van der Waals surface area contributed by atoms with Gasteiger partial charge in [0.15, 0.2) is 11.5 Å². The molecule has 1 heterocycles. The van der Waals surface area contributed by atoms with Crippen LogP contribution in [0.15, 0.2) is 87.0 Å². The van der Waals surface area contributed by atoms with E-state index in [9.17, 15) is 8.42 Å². The van der Waals surface area contributed by atoms with Gasteiger partial charge in [-0.1, -0.05) is 18.2 Å². The number of benzene rings is 3. The van der Waals surface area contributed by atoms with Crippen molar-refractivity contribution in [1.29, 1.82) is 0 Å². The topological polar surface area (TPSA) is 91.5 Å². The van der Waals surface area contributed by atoms with Gasteiger partial charge in [-0.05, 0) is 54.6 Å². The molecule has 0 fully saturated rings. The Labute approximate surface area is 173 Å². The minimum atomic E-state index is -3.58. The van der Waals surface area contributed by atoms with Crippen molar-refractivity contribution in [3.05, 3.63) is 72.8 Å². The molecule has 4 rings (SSSR count). The molecule has 0 radical (unpaired) electrons. The summed E-state index contributed by atoms with van der Waals surface area (Å²) in [6, 6.07) is 19.9. The van der Waals surface area contributed by atoms with E-state index in [2.05, 4.69) is 10.2 Å². The number of hydrogen-bond donors (Lipinski definition) is 0. The molecular formula is C22H18N2O5S. The highest BCUT2D eigenvalue weighted by Crippen LogP contribution is 2.33. The quantitative estimate of drug-likeness (QED) is 0.459. The molecule has 0 atom stereocenters. The third-order valence-electron chi connectivity index (χ3n) is 4.52. The van der Waals surface area contributed by atoms with Crippen LogP contribution in [0.4, 0.5) is 0 Å². The molecule has 0 N–H and O–H groups in total. The van der Waals surface area contributed by atoms with E-state index in [0.717, 1.165) is 0 Å². The largest absolute Gasteiger partial charge is 0.493 e. The lowest BCUT2D eigenvalue weighted by atomic mass is 10.2. The van der Waals surface area contributed by atoms with Gasteiger partial charge in [-0.25, -0.2) is 8.42 Å². The maximum absolute atomic E-state index is 12.7. The van der Waals surface area contributed by atoms with E-state index >= 15 is 0 Å². The lowest BCUT2D eigenvalue weighted by molar-refractivity contribution is 0.355. The SMILES string of the molecule is COc1ccc(-c2nnc(-c3ccc(S(=O)(=O)c4ccccc4)cc3)o2)cc1OC. The zero-order chi connectivity index (χ0) is 21.1. The van der Waals surface area contributed by atoms with Gasteiger partial charge in [-0.3, -0.25) is 0 Å². The normalized spacial score (nSPS) is 11.3. The van der Waals surface area contributed by atoms with E-state index in [4.69, 9.17) is 13.9 Å². The highest BCUT2D eigenvalue weighted by Gasteiger charge is 2.18. The predicted molar refractivity (Wildman–Crippen MR) is 110 cm³/mol. The Kier molecular flexibility index (Phi) is 5.24. The molecule has 0 aliphatic rings. The van der Waals surface area contributed by atoms with Gasteiger partial charge in [-0.15, -0.1) is 10.2 Å². The van der Waals surface area contributed by atoms with Crippen LogP contribution in [-0.4, -0.2) is 32.8 Å². The van der Waals surface area contributed by atoms with E-state index in [-0.39, 0.29) is 15.7 Å². The molecule has 152 valence electrons. The minimum Gasteiger partial charge on any atom is -0.493 e. The highest BCUT2D eigenvalue weighted by atomic mass is 32.2. The molecule has 1 aromatic heterocycles. The molecule has 30 heavy (non-hydrogen) atoms. The van der Waals surface area contributed by atoms with Crippen LogP contribution in [0, 0.1) is 0 Å². The van der Waals surface area contributed by atoms with Crippen LogP contribution in [-0.2, 0) is 9.84 Å². The maximum atomic E-state index is 12.7. The second-order valence-electron chi connectivity index (χ2n) is 6.32. The third-order valence-corrected chi connectivity index (χ3v) is 6.31. The Morgan fingerprint density at radius 1 is 0.700 bits per heavy atom. The van der Waals surface area contributed by atoms with Gasteiger partial charge in [0.05, 0.1) is 24.0 Å². The summed E-state index contributed by atoms with van der Waals surface area (Å²) in [4.78, 5) is 0.434. The number of sulfone groups is 1. The number of ether oxygens (including phenoxy) is 2. The van der Waals surface area contributed by atoms with Gasteiger partial charge < -0.3 is 13.9 Å². The molecule has 0 saturated heterocycles. The number of rotatable bonds is 6. The molecule has 8 heteroatoms. The van der Waals surface area contributed by atoms with Gasteiger partial charge in [0.25, 0.3) is 0 Å². The Hall–Kier alpha value is -3.65. The van der Waals surface area contributed by atoms with Gasteiger partial charge >= 0.3 is 0 Å². The fraction of sp³-hybridized carbons (Fsp3) is 0.0909. The van der Waals surface area contributed by atoms with Crippen LogP contribution in [0.1, 0.15) is 0 Å². The first kappa shape index (κ1) is 19.7. The van der Waals surface area contributed by atoms with Crippen LogP contribution in [0.5, 0.6) is 11.5 Å². The number of hydrogen-bond acceptors (Lipinski definition) is 7. The number of methoxy groups -OCH3 is 2. The van der Waals surface area contributed by atoms with Crippen molar-refractivity contribution < 1.29 is 22.3 Å². The molecule has 0 aliphatic carbocycles. The molecule has 3 aromatic carbocycles. The van der Waals surface area contributed by atoms with Crippen LogP contribution >= 0.6 is 0 Å². The highest BCUT2D eigenvalue weighted by molar-refractivity contribution is 7.91. The Balaban J connectivity index is 1.62. The zero-order valence-corrected chi connectivity index (χ0v) is 17.1. The van der Waals surface area contributed by atoms with E-state index in [1.54, 1.807) is 74.9 Å². The second-order valence-corrected chi connectivity index (χ2v) is 8.27. The standard InChI is InChI=1S/C22H18N2O5S/c1-27-19-13-10-16(14-20(19)28-2)22-24-23-21(29-22)15-8-11-18(12-9-15)30(25,26)17-6-4-3-5-7-17/h3-14H,1-2H3. The summed E-state index contributed by atoms with van der Waals surface area (Å²) in [7, 11) is -0.475. The fourth-order valence-electron chi connectivity index (χ4n) is 2.94. The molecule has 4 aromatic rings. The van der Waals surface area contributed by atoms with Crippen molar-refractivity contribution in [2.45, 2.75) is 9.79 Å². The van der Waals surface area contributed by atoms with Gasteiger partial charge in [-0.2, -0.15) is 0 Å². The molecule has 0 bridgehead atoms. The van der Waals surface area contributed by atoms with Gasteiger partial charge in [0, 0.05) is 11.1 Å². The smallest absolute Gasteiger partial charge is 0.248 e. The third kappa shape index (κ3) is 3.65. The van der Waals surface area contributed by atoms with Crippen molar-refractivity contribution in [2.24, 2.45) is 0 Å². The monoisotopic (exact) mass is 422 g/mol. The van der Waals surface area contributed by atoms with Crippen molar-refractivity contribution in [3.63, 3.8) is 0 Å².